The van der Waals surface area contributed by atoms with Crippen molar-refractivity contribution in [3.05, 3.63) is 34.2 Å². The lowest BCUT2D eigenvalue weighted by Crippen LogP contribution is -2.54. The molecule has 10 heteroatoms. The Hall–Kier alpha value is -2.85. The van der Waals surface area contributed by atoms with E-state index in [4.69, 9.17) is 14.6 Å². The first-order chi connectivity index (χ1) is 14.1. The van der Waals surface area contributed by atoms with Crippen LogP contribution in [-0.2, 0) is 16.1 Å². The van der Waals surface area contributed by atoms with Crippen molar-refractivity contribution in [3.63, 3.8) is 0 Å². The van der Waals surface area contributed by atoms with E-state index in [1.165, 1.54) is 0 Å². The quantitative estimate of drug-likeness (QED) is 0.552. The Morgan fingerprint density at radius 1 is 1.17 bits per heavy atom. The van der Waals surface area contributed by atoms with Crippen LogP contribution in [0.3, 0.4) is 0 Å². The lowest BCUT2D eigenvalue weighted by atomic mass is 10.1. The summed E-state index contributed by atoms with van der Waals surface area (Å²) in [6.07, 6.45) is 2.19. The normalized spacial score (nSPS) is 18.1. The highest BCUT2D eigenvalue weighted by Crippen LogP contribution is 2.16. The number of imidazole rings is 1. The lowest BCUT2D eigenvalue weighted by Gasteiger charge is -2.40. The van der Waals surface area contributed by atoms with Crippen LogP contribution in [0.25, 0.3) is 11.0 Å². The van der Waals surface area contributed by atoms with Gasteiger partial charge in [0.1, 0.15) is 0 Å². The number of piperazine rings is 1. The largest absolute Gasteiger partial charge is 0.483 e. The van der Waals surface area contributed by atoms with E-state index in [9.17, 15) is 9.59 Å². The van der Waals surface area contributed by atoms with Crippen LogP contribution in [0.1, 0.15) is 18.4 Å². The van der Waals surface area contributed by atoms with Gasteiger partial charge in [-0.1, -0.05) is 6.07 Å². The van der Waals surface area contributed by atoms with Crippen LogP contribution in [0.5, 0.6) is 0 Å². The zero-order valence-electron chi connectivity index (χ0n) is 16.2. The first kappa shape index (κ1) is 20.9. The monoisotopic (exact) mass is 405 g/mol. The highest BCUT2D eigenvalue weighted by atomic mass is 16.5. The number of hydrogen-bond acceptors (Lipinski definition) is 5. The van der Waals surface area contributed by atoms with E-state index in [-0.39, 0.29) is 18.2 Å². The van der Waals surface area contributed by atoms with Gasteiger partial charge < -0.3 is 30.0 Å². The minimum absolute atomic E-state index is 0.0284. The number of aromatic amines is 2. The number of benzene rings is 1. The summed E-state index contributed by atoms with van der Waals surface area (Å²) in [5.74, 6) is 0. The van der Waals surface area contributed by atoms with Crippen LogP contribution in [0, 0.1) is 0 Å². The molecule has 0 bridgehead atoms. The number of carboxylic acid groups (broad SMARTS) is 1. The second-order valence-corrected chi connectivity index (χ2v) is 7.09. The van der Waals surface area contributed by atoms with Crippen LogP contribution < -0.4 is 11.0 Å². The van der Waals surface area contributed by atoms with Gasteiger partial charge in [-0.25, -0.2) is 9.59 Å². The molecule has 29 heavy (non-hydrogen) atoms. The number of amides is 2. The SMILES string of the molecule is O=C(NCc1ccc2[nH]c(=O)[nH]c2c1)N1CCN(C2CCOCC2)CC1.O=CO. The smallest absolute Gasteiger partial charge is 0.323 e. The van der Waals surface area contributed by atoms with Crippen LogP contribution in [0.4, 0.5) is 4.79 Å². The maximum atomic E-state index is 12.4. The van der Waals surface area contributed by atoms with E-state index in [0.29, 0.717) is 12.6 Å². The Kier molecular flexibility index (Phi) is 7.25. The Labute approximate surface area is 167 Å². The van der Waals surface area contributed by atoms with Gasteiger partial charge in [0, 0.05) is 52.0 Å². The van der Waals surface area contributed by atoms with Gasteiger partial charge in [-0.05, 0) is 30.5 Å². The molecule has 0 saturated carbocycles. The molecule has 2 saturated heterocycles. The summed E-state index contributed by atoms with van der Waals surface area (Å²) in [5, 5.41) is 9.87. The molecule has 0 spiro atoms. The number of urea groups is 1. The molecule has 1 aromatic carbocycles. The van der Waals surface area contributed by atoms with Crippen molar-refractivity contribution in [2.45, 2.75) is 25.4 Å². The Bertz CT molecular complexity index is 865. The molecule has 1 aromatic heterocycles. The first-order valence-electron chi connectivity index (χ1n) is 9.74. The minimum Gasteiger partial charge on any atom is -0.483 e. The van der Waals surface area contributed by atoms with Crippen LogP contribution >= 0.6 is 0 Å². The number of hydrogen-bond donors (Lipinski definition) is 4. The molecular weight excluding hydrogens is 378 g/mol. The molecule has 2 amide bonds. The second-order valence-electron chi connectivity index (χ2n) is 7.09. The number of fused-ring (bicyclic) bond motifs is 1. The fraction of sp³-hybridized carbons (Fsp3) is 0.526. The summed E-state index contributed by atoms with van der Waals surface area (Å²) in [6, 6.07) is 6.22. The van der Waals surface area contributed by atoms with Crippen LogP contribution in [0.2, 0.25) is 0 Å². The number of ether oxygens (including phenoxy) is 1. The molecule has 0 atom stereocenters. The summed E-state index contributed by atoms with van der Waals surface area (Å²) in [6.45, 7) is 5.26. The van der Waals surface area contributed by atoms with Crippen LogP contribution in [-0.4, -0.2) is 82.8 Å². The summed E-state index contributed by atoms with van der Waals surface area (Å²) in [5.41, 5.74) is 2.27. The third kappa shape index (κ3) is 5.58. The first-order valence-corrected chi connectivity index (χ1v) is 9.74. The fourth-order valence-electron chi connectivity index (χ4n) is 3.82. The molecule has 4 rings (SSSR count). The Balaban J connectivity index is 0.000000755. The fourth-order valence-corrected chi connectivity index (χ4v) is 3.82. The number of H-pyrrole nitrogens is 2. The molecule has 2 aliphatic heterocycles. The molecule has 4 N–H and O–H groups in total. The number of rotatable bonds is 3. The zero-order chi connectivity index (χ0) is 20.6. The third-order valence-electron chi connectivity index (χ3n) is 5.33. The Morgan fingerprint density at radius 2 is 1.83 bits per heavy atom. The van der Waals surface area contributed by atoms with E-state index in [2.05, 4.69) is 20.2 Å². The van der Waals surface area contributed by atoms with E-state index >= 15 is 0 Å². The number of aromatic nitrogens is 2. The topological polar surface area (TPSA) is 131 Å². The molecule has 0 aliphatic carbocycles. The van der Waals surface area contributed by atoms with Crippen molar-refractivity contribution in [2.24, 2.45) is 0 Å². The average Bonchev–Trinajstić information content (AvgIpc) is 3.12. The molecule has 10 nitrogen and oxygen atoms in total. The van der Waals surface area contributed by atoms with E-state index < -0.39 is 0 Å². The van der Waals surface area contributed by atoms with Gasteiger partial charge in [-0.3, -0.25) is 9.69 Å². The summed E-state index contributed by atoms with van der Waals surface area (Å²) >= 11 is 0. The van der Waals surface area contributed by atoms with Gasteiger partial charge >= 0.3 is 11.7 Å². The maximum Gasteiger partial charge on any atom is 0.323 e. The summed E-state index contributed by atoms with van der Waals surface area (Å²) < 4.78 is 5.43. The molecule has 2 fully saturated rings. The van der Waals surface area contributed by atoms with Crippen molar-refractivity contribution < 1.29 is 19.4 Å². The van der Waals surface area contributed by atoms with Crippen LogP contribution in [0.15, 0.2) is 23.0 Å². The van der Waals surface area contributed by atoms with Gasteiger partial charge in [-0.15, -0.1) is 0 Å². The molecule has 3 heterocycles. The van der Waals surface area contributed by atoms with E-state index in [1.807, 2.05) is 23.1 Å². The van der Waals surface area contributed by atoms with Crippen molar-refractivity contribution in [3.8, 4) is 0 Å². The van der Waals surface area contributed by atoms with Crippen molar-refractivity contribution in [1.82, 2.24) is 25.1 Å². The number of nitrogens with zero attached hydrogens (tertiary/aromatic N) is 2. The van der Waals surface area contributed by atoms with Gasteiger partial charge in [0.05, 0.1) is 11.0 Å². The maximum absolute atomic E-state index is 12.4. The molecule has 0 unspecified atom stereocenters. The lowest BCUT2D eigenvalue weighted by molar-refractivity contribution is -0.122. The number of carbonyl (C=O) groups excluding carboxylic acids is 1. The number of carbonyl (C=O) groups is 2. The molecule has 2 aliphatic rings. The minimum atomic E-state index is -0.250. The van der Waals surface area contributed by atoms with Gasteiger partial charge in [0.25, 0.3) is 6.47 Å². The molecule has 0 radical (unpaired) electrons. The summed E-state index contributed by atoms with van der Waals surface area (Å²) in [7, 11) is 0. The predicted octanol–water partition coefficient (Wildman–Crippen LogP) is 0.563. The molecule has 2 aromatic rings. The zero-order valence-corrected chi connectivity index (χ0v) is 16.2. The molecular formula is C19H27N5O5. The summed E-state index contributed by atoms with van der Waals surface area (Å²) in [4.78, 5) is 41.9. The Morgan fingerprint density at radius 3 is 2.52 bits per heavy atom. The van der Waals surface area contributed by atoms with Crippen molar-refractivity contribution in [1.29, 1.82) is 0 Å². The van der Waals surface area contributed by atoms with Gasteiger partial charge in [-0.2, -0.15) is 0 Å². The predicted molar refractivity (Wildman–Crippen MR) is 107 cm³/mol. The van der Waals surface area contributed by atoms with Gasteiger partial charge in [0.15, 0.2) is 0 Å². The standard InChI is InChI=1S/C18H25N5O3.CH2O2/c24-17-20-15-2-1-13(11-16(15)21-17)12-19-18(25)23-7-5-22(6-8-23)14-3-9-26-10-4-14;2-1-3/h1-2,11,14H,3-10,12H2,(H,19,25)(H2,20,21,24);1H,(H,2,3). The van der Waals surface area contributed by atoms with Gasteiger partial charge in [0.2, 0.25) is 0 Å². The third-order valence-corrected chi connectivity index (χ3v) is 5.33. The van der Waals surface area contributed by atoms with E-state index in [0.717, 1.165) is 68.8 Å². The van der Waals surface area contributed by atoms with Crippen molar-refractivity contribution in [2.75, 3.05) is 39.4 Å². The molecule has 158 valence electrons. The highest BCUT2D eigenvalue weighted by Gasteiger charge is 2.27. The number of nitrogens with one attached hydrogen (secondary N) is 3. The van der Waals surface area contributed by atoms with Crippen molar-refractivity contribution >= 4 is 23.5 Å². The highest BCUT2D eigenvalue weighted by molar-refractivity contribution is 5.76. The average molecular weight is 405 g/mol. The van der Waals surface area contributed by atoms with E-state index in [1.54, 1.807) is 0 Å². The second kappa shape index (κ2) is 10.1.